The summed E-state index contributed by atoms with van der Waals surface area (Å²) in [6.45, 7) is 5.04. The fourth-order valence-electron chi connectivity index (χ4n) is 5.80. The standard InChI is InChI=1S/C17H21NO7/c1-9(2)10(19)18-17-6-14(11(20)21)3-15(7-17,12(22)23)5-16(4-14,8-17)13(24)25/h1,3-8H2,2H3,(H,18,19)(H,20,21)(H,22,23)(H,24,25). The van der Waals surface area contributed by atoms with E-state index in [9.17, 15) is 34.5 Å². The third kappa shape index (κ3) is 2.26. The zero-order valence-electron chi connectivity index (χ0n) is 13.9. The summed E-state index contributed by atoms with van der Waals surface area (Å²) < 4.78 is 0. The summed E-state index contributed by atoms with van der Waals surface area (Å²) in [6.07, 6.45) is -0.200. The zero-order chi connectivity index (χ0) is 18.8. The Morgan fingerprint density at radius 2 is 1.08 bits per heavy atom. The van der Waals surface area contributed by atoms with Crippen LogP contribution in [0.25, 0.3) is 0 Å². The van der Waals surface area contributed by atoms with Crippen LogP contribution >= 0.6 is 0 Å². The molecule has 8 heteroatoms. The number of hydrogen-bond donors (Lipinski definition) is 4. The molecule has 4 aliphatic carbocycles. The number of carboxylic acid groups (broad SMARTS) is 3. The molecule has 0 heterocycles. The Morgan fingerprint density at radius 3 is 1.32 bits per heavy atom. The number of carbonyl (C=O) groups is 4. The molecule has 8 nitrogen and oxygen atoms in total. The van der Waals surface area contributed by atoms with Gasteiger partial charge in [-0.15, -0.1) is 0 Å². The minimum Gasteiger partial charge on any atom is -0.481 e. The number of aliphatic carboxylic acids is 3. The lowest BCUT2D eigenvalue weighted by atomic mass is 9.37. The lowest BCUT2D eigenvalue weighted by Crippen LogP contribution is -2.73. The van der Waals surface area contributed by atoms with Gasteiger partial charge in [-0.2, -0.15) is 0 Å². The highest BCUT2D eigenvalue weighted by molar-refractivity contribution is 5.93. The smallest absolute Gasteiger partial charge is 0.309 e. The van der Waals surface area contributed by atoms with Crippen LogP contribution in [0, 0.1) is 16.2 Å². The van der Waals surface area contributed by atoms with Crippen molar-refractivity contribution in [3.8, 4) is 0 Å². The molecule has 0 saturated heterocycles. The quantitative estimate of drug-likeness (QED) is 0.542. The van der Waals surface area contributed by atoms with Gasteiger partial charge < -0.3 is 20.6 Å². The van der Waals surface area contributed by atoms with Crippen molar-refractivity contribution in [2.75, 3.05) is 0 Å². The molecule has 0 spiro atoms. The summed E-state index contributed by atoms with van der Waals surface area (Å²) in [4.78, 5) is 48.3. The molecule has 0 aromatic rings. The molecule has 4 bridgehead atoms. The Labute approximate surface area is 143 Å². The Morgan fingerprint density at radius 1 is 0.760 bits per heavy atom. The number of carbonyl (C=O) groups excluding carboxylic acids is 1. The Hall–Kier alpha value is -2.38. The second kappa shape index (κ2) is 4.83. The molecule has 0 aliphatic heterocycles. The number of amides is 1. The van der Waals surface area contributed by atoms with E-state index in [1.807, 2.05) is 0 Å². The molecule has 0 unspecified atom stereocenters. The van der Waals surface area contributed by atoms with Gasteiger partial charge in [0.15, 0.2) is 0 Å². The molecule has 0 aromatic carbocycles. The lowest BCUT2D eigenvalue weighted by Gasteiger charge is -2.66. The minimum absolute atomic E-state index is 0.0401. The minimum atomic E-state index is -1.46. The topological polar surface area (TPSA) is 141 Å². The average Bonchev–Trinajstić information content (AvgIpc) is 2.44. The molecule has 136 valence electrons. The van der Waals surface area contributed by atoms with Crippen LogP contribution in [0.3, 0.4) is 0 Å². The van der Waals surface area contributed by atoms with Crippen LogP contribution in [-0.2, 0) is 19.2 Å². The van der Waals surface area contributed by atoms with Crippen LogP contribution in [0.1, 0.15) is 45.4 Å². The van der Waals surface area contributed by atoms with E-state index in [4.69, 9.17) is 0 Å². The monoisotopic (exact) mass is 351 g/mol. The summed E-state index contributed by atoms with van der Waals surface area (Å²) in [7, 11) is 0. The van der Waals surface area contributed by atoms with E-state index in [0.717, 1.165) is 0 Å². The van der Waals surface area contributed by atoms with Gasteiger partial charge in [0.25, 0.3) is 0 Å². The van der Waals surface area contributed by atoms with Gasteiger partial charge in [0.1, 0.15) is 0 Å². The van der Waals surface area contributed by atoms with Crippen LogP contribution in [0.15, 0.2) is 12.2 Å². The molecule has 1 amide bonds. The second-order valence-corrected chi connectivity index (χ2v) is 8.33. The van der Waals surface area contributed by atoms with Gasteiger partial charge in [0.05, 0.1) is 16.2 Å². The molecular formula is C17H21NO7. The molecule has 4 aliphatic rings. The van der Waals surface area contributed by atoms with Crippen molar-refractivity contribution < 1.29 is 34.5 Å². The van der Waals surface area contributed by atoms with Crippen LogP contribution < -0.4 is 5.32 Å². The molecule has 0 radical (unpaired) electrons. The first kappa shape index (κ1) is 17.4. The van der Waals surface area contributed by atoms with E-state index >= 15 is 0 Å². The van der Waals surface area contributed by atoms with Crippen LogP contribution in [-0.4, -0.2) is 44.7 Å². The molecule has 4 rings (SSSR count). The van der Waals surface area contributed by atoms with E-state index in [-0.39, 0.29) is 44.1 Å². The SMILES string of the molecule is C=C(C)C(=O)NC12CC3(C(=O)O)CC(C(=O)O)(C1)CC(C(=O)O)(C2)C3. The van der Waals surface area contributed by atoms with Gasteiger partial charge >= 0.3 is 17.9 Å². The maximum absolute atomic E-state index is 12.2. The van der Waals surface area contributed by atoms with E-state index in [1.54, 1.807) is 0 Å². The van der Waals surface area contributed by atoms with Gasteiger partial charge in [0, 0.05) is 11.1 Å². The molecule has 0 aromatic heterocycles. The summed E-state index contributed by atoms with van der Waals surface area (Å²) in [6, 6.07) is 0. The van der Waals surface area contributed by atoms with Crippen molar-refractivity contribution in [1.29, 1.82) is 0 Å². The first-order valence-corrected chi connectivity index (χ1v) is 8.08. The summed E-state index contributed by atoms with van der Waals surface area (Å²) in [5.74, 6) is -4.10. The van der Waals surface area contributed by atoms with Gasteiger partial charge in [-0.05, 0) is 45.4 Å². The maximum atomic E-state index is 12.2. The number of rotatable bonds is 5. The molecule has 0 atom stereocenters. The first-order valence-electron chi connectivity index (χ1n) is 8.08. The van der Waals surface area contributed by atoms with Crippen LogP contribution in [0.5, 0.6) is 0 Å². The number of hydrogen-bond acceptors (Lipinski definition) is 4. The van der Waals surface area contributed by atoms with Gasteiger partial charge in [-0.3, -0.25) is 19.2 Å². The highest BCUT2D eigenvalue weighted by Crippen LogP contribution is 2.71. The fraction of sp³-hybridized carbons (Fsp3) is 0.647. The Balaban J connectivity index is 2.17. The maximum Gasteiger partial charge on any atom is 0.309 e. The van der Waals surface area contributed by atoms with Crippen molar-refractivity contribution >= 4 is 23.8 Å². The lowest BCUT2D eigenvalue weighted by molar-refractivity contribution is -0.216. The van der Waals surface area contributed by atoms with E-state index in [0.29, 0.717) is 0 Å². The van der Waals surface area contributed by atoms with E-state index in [2.05, 4.69) is 11.9 Å². The van der Waals surface area contributed by atoms with Gasteiger partial charge in [-0.25, -0.2) is 0 Å². The van der Waals surface area contributed by atoms with Crippen LogP contribution in [0.4, 0.5) is 0 Å². The second-order valence-electron chi connectivity index (χ2n) is 8.33. The normalized spacial score (nSPS) is 41.2. The number of carboxylic acids is 3. The largest absolute Gasteiger partial charge is 0.481 e. The van der Waals surface area contributed by atoms with E-state index < -0.39 is 45.6 Å². The fourth-order valence-corrected chi connectivity index (χ4v) is 5.80. The highest BCUT2D eigenvalue weighted by atomic mass is 16.4. The van der Waals surface area contributed by atoms with Crippen LogP contribution in [0.2, 0.25) is 0 Å². The molecule has 4 fully saturated rings. The molecule has 4 N–H and O–H groups in total. The van der Waals surface area contributed by atoms with Crippen molar-refractivity contribution in [3.05, 3.63) is 12.2 Å². The highest BCUT2D eigenvalue weighted by Gasteiger charge is 2.75. The van der Waals surface area contributed by atoms with Crippen molar-refractivity contribution in [2.24, 2.45) is 16.2 Å². The Bertz CT molecular complexity index is 642. The van der Waals surface area contributed by atoms with Crippen molar-refractivity contribution in [3.63, 3.8) is 0 Å². The molecular weight excluding hydrogens is 330 g/mol. The first-order chi connectivity index (χ1) is 11.4. The summed E-state index contributed by atoms with van der Waals surface area (Å²) in [5.41, 5.74) is -5.36. The molecule has 4 saturated carbocycles. The Kier molecular flexibility index (Phi) is 3.37. The summed E-state index contributed by atoms with van der Waals surface area (Å²) >= 11 is 0. The van der Waals surface area contributed by atoms with Crippen molar-refractivity contribution in [1.82, 2.24) is 5.32 Å². The van der Waals surface area contributed by atoms with Gasteiger partial charge in [-0.1, -0.05) is 6.58 Å². The average molecular weight is 351 g/mol. The predicted molar refractivity (Wildman–Crippen MR) is 83.6 cm³/mol. The van der Waals surface area contributed by atoms with Crippen molar-refractivity contribution in [2.45, 2.75) is 51.0 Å². The zero-order valence-corrected chi connectivity index (χ0v) is 13.9. The molecule has 25 heavy (non-hydrogen) atoms. The third-order valence-electron chi connectivity index (χ3n) is 6.19. The summed E-state index contributed by atoms with van der Waals surface area (Å²) in [5, 5.41) is 32.2. The number of nitrogens with one attached hydrogen (secondary N) is 1. The third-order valence-corrected chi connectivity index (χ3v) is 6.19. The van der Waals surface area contributed by atoms with E-state index in [1.165, 1.54) is 6.92 Å². The van der Waals surface area contributed by atoms with Gasteiger partial charge in [0.2, 0.25) is 5.91 Å². The predicted octanol–water partition coefficient (Wildman–Crippen LogP) is 1.01.